The smallest absolute Gasteiger partial charge is 0.416 e. The number of halogens is 4. The van der Waals surface area contributed by atoms with E-state index in [1.165, 1.54) is 18.2 Å². The van der Waals surface area contributed by atoms with Crippen LogP contribution in [0.3, 0.4) is 0 Å². The molecular formula is C20H15ClF3NO2. The third-order valence-electron chi connectivity index (χ3n) is 5.27. The van der Waals surface area contributed by atoms with Crippen molar-refractivity contribution < 1.29 is 23.1 Å². The van der Waals surface area contributed by atoms with E-state index in [2.05, 4.69) is 5.32 Å². The second kappa shape index (κ2) is 6.30. The molecule has 0 saturated carbocycles. The Kier molecular flexibility index (Phi) is 4.18. The Labute approximate surface area is 158 Å². The summed E-state index contributed by atoms with van der Waals surface area (Å²) in [7, 11) is 0. The number of hydrogen-bond acceptors (Lipinski definition) is 2. The molecule has 0 bridgehead atoms. The molecule has 0 amide bonds. The van der Waals surface area contributed by atoms with E-state index >= 15 is 0 Å². The summed E-state index contributed by atoms with van der Waals surface area (Å²) >= 11 is 6.31. The molecule has 1 aliphatic heterocycles. The van der Waals surface area contributed by atoms with Crippen molar-refractivity contribution >= 4 is 23.3 Å². The van der Waals surface area contributed by atoms with Gasteiger partial charge >= 0.3 is 12.1 Å². The number of alkyl halides is 3. The van der Waals surface area contributed by atoms with E-state index < -0.39 is 23.8 Å². The van der Waals surface area contributed by atoms with Crippen molar-refractivity contribution in [2.75, 3.05) is 5.32 Å². The molecule has 0 spiro atoms. The van der Waals surface area contributed by atoms with Gasteiger partial charge in [0.05, 0.1) is 27.9 Å². The maximum absolute atomic E-state index is 13.1. The molecule has 0 unspecified atom stereocenters. The summed E-state index contributed by atoms with van der Waals surface area (Å²) in [5.41, 5.74) is 1.03. The zero-order valence-corrected chi connectivity index (χ0v) is 14.7. The third kappa shape index (κ3) is 2.98. The van der Waals surface area contributed by atoms with Gasteiger partial charge in [0.25, 0.3) is 0 Å². The molecule has 7 heteroatoms. The number of rotatable bonds is 2. The lowest BCUT2D eigenvalue weighted by Crippen LogP contribution is -2.31. The van der Waals surface area contributed by atoms with Crippen molar-refractivity contribution in [1.29, 1.82) is 0 Å². The van der Waals surface area contributed by atoms with Gasteiger partial charge in [0.2, 0.25) is 0 Å². The van der Waals surface area contributed by atoms with E-state index in [9.17, 15) is 23.1 Å². The van der Waals surface area contributed by atoms with E-state index in [1.54, 1.807) is 6.07 Å². The standard InChI is InChI=1S/C20H15ClF3NO2/c21-15-8-7-14(19(26)27)16-12-5-2-6-13(12)17(25-18(15)16)10-3-1-4-11(9-10)20(22,23)24/h1-5,7-9,12-13,17,25H,6H2,(H,26,27)/t12-,13-,17-/m1/s1. The monoisotopic (exact) mass is 393 g/mol. The minimum absolute atomic E-state index is 0.0856. The van der Waals surface area contributed by atoms with Gasteiger partial charge in [0, 0.05) is 5.92 Å². The summed E-state index contributed by atoms with van der Waals surface area (Å²) in [6, 6.07) is 7.80. The Hall–Kier alpha value is -2.47. The van der Waals surface area contributed by atoms with Gasteiger partial charge in [-0.25, -0.2) is 4.79 Å². The lowest BCUT2D eigenvalue weighted by molar-refractivity contribution is -0.137. The van der Waals surface area contributed by atoms with Crippen LogP contribution in [0.15, 0.2) is 48.6 Å². The molecule has 2 aromatic rings. The second-order valence-corrected chi connectivity index (χ2v) is 7.19. The molecule has 0 saturated heterocycles. The highest BCUT2D eigenvalue weighted by Crippen LogP contribution is 2.52. The molecule has 1 aliphatic carbocycles. The molecule has 1 heterocycles. The first-order valence-electron chi connectivity index (χ1n) is 8.43. The quantitative estimate of drug-likeness (QED) is 0.626. The van der Waals surface area contributed by atoms with Crippen molar-refractivity contribution in [3.8, 4) is 0 Å². The van der Waals surface area contributed by atoms with E-state index in [0.717, 1.165) is 12.1 Å². The Morgan fingerprint density at radius 2 is 2.00 bits per heavy atom. The van der Waals surface area contributed by atoms with Gasteiger partial charge in [0.15, 0.2) is 0 Å². The van der Waals surface area contributed by atoms with Crippen LogP contribution in [0.5, 0.6) is 0 Å². The first-order chi connectivity index (χ1) is 12.8. The predicted molar refractivity (Wildman–Crippen MR) is 96.2 cm³/mol. The molecule has 0 radical (unpaired) electrons. The molecule has 0 fully saturated rings. The molecule has 3 atom stereocenters. The summed E-state index contributed by atoms with van der Waals surface area (Å²) in [4.78, 5) is 11.7. The van der Waals surface area contributed by atoms with Crippen molar-refractivity contribution in [3.05, 3.63) is 75.8 Å². The first kappa shape index (κ1) is 17.9. The minimum Gasteiger partial charge on any atom is -0.478 e. The maximum atomic E-state index is 13.1. The highest BCUT2D eigenvalue weighted by molar-refractivity contribution is 6.33. The molecule has 2 aromatic carbocycles. The molecule has 2 N–H and O–H groups in total. The number of carbonyl (C=O) groups is 1. The van der Waals surface area contributed by atoms with Gasteiger partial charge in [0.1, 0.15) is 0 Å². The van der Waals surface area contributed by atoms with Gasteiger partial charge in [-0.05, 0) is 47.7 Å². The van der Waals surface area contributed by atoms with Crippen molar-refractivity contribution in [2.45, 2.75) is 24.6 Å². The average Bonchev–Trinajstić information content (AvgIpc) is 3.10. The van der Waals surface area contributed by atoms with Crippen LogP contribution in [0.1, 0.15) is 45.4 Å². The minimum atomic E-state index is -4.43. The van der Waals surface area contributed by atoms with E-state index in [4.69, 9.17) is 11.6 Å². The summed E-state index contributed by atoms with van der Waals surface area (Å²) in [5, 5.41) is 13.1. The SMILES string of the molecule is O=C(O)c1ccc(Cl)c2c1[C@@H]1C=CC[C@H]1[C@@H](c1cccc(C(F)(F)F)c1)N2. The lowest BCUT2D eigenvalue weighted by atomic mass is 9.75. The van der Waals surface area contributed by atoms with Crippen LogP contribution in [0.4, 0.5) is 18.9 Å². The Bertz CT molecular complexity index is 955. The maximum Gasteiger partial charge on any atom is 0.416 e. The normalized spacial score (nSPS) is 23.5. The van der Waals surface area contributed by atoms with Crippen LogP contribution in [0, 0.1) is 5.92 Å². The molecule has 3 nitrogen and oxygen atoms in total. The summed E-state index contributed by atoms with van der Waals surface area (Å²) in [6.45, 7) is 0. The highest BCUT2D eigenvalue weighted by atomic mass is 35.5. The number of benzene rings is 2. The van der Waals surface area contributed by atoms with E-state index in [1.807, 2.05) is 12.2 Å². The number of hydrogen-bond donors (Lipinski definition) is 2. The molecule has 4 rings (SSSR count). The van der Waals surface area contributed by atoms with E-state index in [-0.39, 0.29) is 17.4 Å². The zero-order valence-electron chi connectivity index (χ0n) is 13.9. The summed E-state index contributed by atoms with van der Waals surface area (Å²) in [5.74, 6) is -1.36. The van der Waals surface area contributed by atoms with Gasteiger partial charge in [-0.3, -0.25) is 0 Å². The number of carboxylic acids is 1. The number of nitrogens with one attached hydrogen (secondary N) is 1. The van der Waals surface area contributed by atoms with Crippen molar-refractivity contribution in [3.63, 3.8) is 0 Å². The first-order valence-corrected chi connectivity index (χ1v) is 8.81. The second-order valence-electron chi connectivity index (χ2n) is 6.79. The van der Waals surface area contributed by atoms with Crippen LogP contribution in [0.25, 0.3) is 0 Å². The van der Waals surface area contributed by atoms with Gasteiger partial charge in [-0.1, -0.05) is 35.9 Å². The van der Waals surface area contributed by atoms with Gasteiger partial charge < -0.3 is 10.4 Å². The highest BCUT2D eigenvalue weighted by Gasteiger charge is 2.41. The van der Waals surface area contributed by atoms with Crippen LogP contribution in [-0.4, -0.2) is 11.1 Å². The van der Waals surface area contributed by atoms with Crippen LogP contribution in [-0.2, 0) is 6.18 Å². The van der Waals surface area contributed by atoms with E-state index in [0.29, 0.717) is 28.3 Å². The molecule has 140 valence electrons. The summed E-state index contributed by atoms with van der Waals surface area (Å²) < 4.78 is 39.4. The Morgan fingerprint density at radius 3 is 2.70 bits per heavy atom. The van der Waals surface area contributed by atoms with Crippen LogP contribution < -0.4 is 5.32 Å². The lowest BCUT2D eigenvalue weighted by Gasteiger charge is -2.38. The predicted octanol–water partition coefficient (Wildman–Crippen LogP) is 5.88. The average molecular weight is 394 g/mol. The largest absolute Gasteiger partial charge is 0.478 e. The molecule has 0 aromatic heterocycles. The fourth-order valence-electron chi connectivity index (χ4n) is 4.10. The Morgan fingerprint density at radius 1 is 1.22 bits per heavy atom. The number of aromatic carboxylic acids is 1. The topological polar surface area (TPSA) is 49.3 Å². The number of carboxylic acid groups (broad SMARTS) is 1. The van der Waals surface area contributed by atoms with Gasteiger partial charge in [-0.2, -0.15) is 13.2 Å². The Balaban J connectivity index is 1.84. The summed E-state index contributed by atoms with van der Waals surface area (Å²) in [6.07, 6.45) is 0.0839. The molecule has 2 aliphatic rings. The molecule has 27 heavy (non-hydrogen) atoms. The molecular weight excluding hydrogens is 379 g/mol. The third-order valence-corrected chi connectivity index (χ3v) is 5.59. The fourth-order valence-corrected chi connectivity index (χ4v) is 4.32. The van der Waals surface area contributed by atoms with Crippen LogP contribution in [0.2, 0.25) is 5.02 Å². The van der Waals surface area contributed by atoms with Crippen LogP contribution >= 0.6 is 11.6 Å². The van der Waals surface area contributed by atoms with Crippen molar-refractivity contribution in [1.82, 2.24) is 0 Å². The zero-order chi connectivity index (χ0) is 19.3. The fraction of sp³-hybridized carbons (Fsp3) is 0.250. The van der Waals surface area contributed by atoms with Gasteiger partial charge in [-0.15, -0.1) is 0 Å². The number of anilines is 1. The number of fused-ring (bicyclic) bond motifs is 3. The number of allylic oxidation sites excluding steroid dienone is 2. The van der Waals surface area contributed by atoms with Crippen molar-refractivity contribution in [2.24, 2.45) is 5.92 Å².